The van der Waals surface area contributed by atoms with Gasteiger partial charge in [0, 0.05) is 30.0 Å². The summed E-state index contributed by atoms with van der Waals surface area (Å²) in [5.41, 5.74) is -0.164. The number of ether oxygens (including phenoxy) is 1. The number of benzene rings is 1. The summed E-state index contributed by atoms with van der Waals surface area (Å²) in [6.45, 7) is 0.123. The smallest absolute Gasteiger partial charge is 0.422 e. The molecule has 3 aromatic rings. The minimum absolute atomic E-state index is 0.119. The molecule has 2 heterocycles. The summed E-state index contributed by atoms with van der Waals surface area (Å²) in [5.74, 6) is -0.140. The van der Waals surface area contributed by atoms with E-state index in [1.54, 1.807) is 10.8 Å². The van der Waals surface area contributed by atoms with Crippen molar-refractivity contribution >= 4 is 39.9 Å². The van der Waals surface area contributed by atoms with Gasteiger partial charge in [0.15, 0.2) is 11.8 Å². The Morgan fingerprint density at radius 2 is 2.10 bits per heavy atom. The molecular formula is C18H16F3N3O3S2. The molecule has 3 rings (SSSR count). The van der Waals surface area contributed by atoms with Crippen LogP contribution in [0.5, 0.6) is 5.75 Å². The number of fused-ring (bicyclic) bond motifs is 1. The molecule has 6 nitrogen and oxygen atoms in total. The van der Waals surface area contributed by atoms with Crippen molar-refractivity contribution in [1.29, 1.82) is 0 Å². The fourth-order valence-electron chi connectivity index (χ4n) is 2.30. The average molecular weight is 447 g/mol. The maximum Gasteiger partial charge on any atom is 0.422 e. The van der Waals surface area contributed by atoms with Crippen molar-refractivity contribution in [3.05, 3.63) is 45.3 Å². The second-order valence-electron chi connectivity index (χ2n) is 5.77. The predicted octanol–water partition coefficient (Wildman–Crippen LogP) is 3.62. The van der Waals surface area contributed by atoms with Crippen molar-refractivity contribution in [3.8, 4) is 11.4 Å². The quantitative estimate of drug-likeness (QED) is 0.340. The molecule has 0 aliphatic rings. The molecule has 1 aromatic carbocycles. The van der Waals surface area contributed by atoms with Crippen LogP contribution in [0.1, 0.15) is 9.67 Å². The molecule has 0 saturated heterocycles. The maximum atomic E-state index is 13.1. The largest absolute Gasteiger partial charge is 0.484 e. The number of nitrogens with one attached hydrogen (secondary N) is 1. The Labute approximate surface area is 174 Å². The highest BCUT2D eigenvalue weighted by molar-refractivity contribution is 7.99. The van der Waals surface area contributed by atoms with Crippen molar-refractivity contribution in [2.45, 2.75) is 18.3 Å². The Morgan fingerprint density at radius 1 is 1.38 bits per heavy atom. The van der Waals surface area contributed by atoms with Gasteiger partial charge in [-0.25, -0.2) is 4.98 Å². The molecule has 0 aliphatic heterocycles. The van der Waals surface area contributed by atoms with E-state index in [-0.39, 0.29) is 34.6 Å². The molecule has 0 aliphatic carbocycles. The first-order chi connectivity index (χ1) is 14.6. The number of thiophene rings is 1. The molecule has 0 atom stereocenters. The van der Waals surface area contributed by atoms with Gasteiger partial charge in [-0.2, -0.15) is 13.2 Å². The first kappa shape index (κ1) is 18.5. The number of halogens is 3. The zero-order valence-corrected chi connectivity index (χ0v) is 16.6. The van der Waals surface area contributed by atoms with E-state index in [0.29, 0.717) is 23.2 Å². The minimum Gasteiger partial charge on any atom is -0.484 e. The number of alkyl halides is 3. The van der Waals surface area contributed by atoms with E-state index in [0.717, 1.165) is 28.5 Å². The van der Waals surface area contributed by atoms with Crippen molar-refractivity contribution in [3.63, 3.8) is 0 Å². The second kappa shape index (κ2) is 8.87. The van der Waals surface area contributed by atoms with Crippen LogP contribution in [0.15, 0.2) is 44.9 Å². The highest BCUT2D eigenvalue weighted by Crippen LogP contribution is 2.24. The minimum atomic E-state index is -4.56. The van der Waals surface area contributed by atoms with Gasteiger partial charge >= 0.3 is 6.18 Å². The Balaban J connectivity index is 2.04. The van der Waals surface area contributed by atoms with Gasteiger partial charge in [0.2, 0.25) is 5.91 Å². The fraction of sp³-hybridized carbons (Fsp3) is 0.278. The van der Waals surface area contributed by atoms with Crippen molar-refractivity contribution in [2.75, 3.05) is 18.9 Å². The number of nitrogens with zero attached hydrogens (tertiary/aromatic N) is 2. The zero-order valence-electron chi connectivity index (χ0n) is 17.0. The zero-order chi connectivity index (χ0) is 22.8. The summed E-state index contributed by atoms with van der Waals surface area (Å²) in [7, 11) is 0. The maximum absolute atomic E-state index is 13.1. The van der Waals surface area contributed by atoms with Crippen LogP contribution in [0.25, 0.3) is 16.6 Å². The SMILES string of the molecule is [3H]c1cc(OCC(F)(F)F)cc([3H])c1-n1c(SCCNC(C)=O)nc2cscc2c1=O. The number of carbonyl (C=O) groups is 1. The number of rotatable bonds is 7. The van der Waals surface area contributed by atoms with E-state index >= 15 is 0 Å². The third-order valence-corrected chi connectivity index (χ3v) is 5.19. The summed E-state index contributed by atoms with van der Waals surface area (Å²) in [6.07, 6.45) is -4.56. The summed E-state index contributed by atoms with van der Waals surface area (Å²) >= 11 is 2.42. The van der Waals surface area contributed by atoms with Gasteiger partial charge in [-0.3, -0.25) is 14.2 Å². The van der Waals surface area contributed by atoms with Gasteiger partial charge in [0.05, 0.1) is 19.3 Å². The molecule has 11 heteroatoms. The molecule has 0 spiro atoms. The van der Waals surface area contributed by atoms with Crippen LogP contribution in [0.3, 0.4) is 0 Å². The Kier molecular flexibility index (Phi) is 5.66. The van der Waals surface area contributed by atoms with E-state index in [1.165, 1.54) is 18.3 Å². The van der Waals surface area contributed by atoms with Crippen LogP contribution < -0.4 is 15.6 Å². The van der Waals surface area contributed by atoms with Crippen LogP contribution in [-0.4, -0.2) is 40.5 Å². The van der Waals surface area contributed by atoms with E-state index < -0.39 is 18.3 Å². The van der Waals surface area contributed by atoms with Gasteiger partial charge in [-0.05, 0) is 24.2 Å². The molecule has 1 N–H and O–H groups in total. The third-order valence-electron chi connectivity index (χ3n) is 3.52. The molecule has 0 bridgehead atoms. The van der Waals surface area contributed by atoms with E-state index in [1.807, 2.05) is 0 Å². The van der Waals surface area contributed by atoms with Gasteiger partial charge in [-0.1, -0.05) is 11.8 Å². The van der Waals surface area contributed by atoms with Crippen LogP contribution in [0.2, 0.25) is 0 Å². The number of thioether (sulfide) groups is 1. The van der Waals surface area contributed by atoms with Crippen molar-refractivity contribution in [2.24, 2.45) is 0 Å². The standard InChI is InChI=1S/C18H16F3N3O3S2/c1-11(25)22-6-7-29-17-23-15-9-28-8-14(15)16(26)24(17)12-2-4-13(5-3-12)27-10-18(19,20)21/h2-5,8-9H,6-7,10H2,1H3,(H,22,25)/i2T,3T. The van der Waals surface area contributed by atoms with Crippen molar-refractivity contribution in [1.82, 2.24) is 14.9 Å². The van der Waals surface area contributed by atoms with E-state index in [2.05, 4.69) is 15.0 Å². The summed E-state index contributed by atoms with van der Waals surface area (Å²) in [5, 5.41) is 6.41. The molecular weight excluding hydrogens is 427 g/mol. The van der Waals surface area contributed by atoms with Gasteiger partial charge in [0.1, 0.15) is 5.75 Å². The highest BCUT2D eigenvalue weighted by Gasteiger charge is 2.28. The lowest BCUT2D eigenvalue weighted by molar-refractivity contribution is -0.153. The Bertz CT molecular complexity index is 1160. The monoisotopic (exact) mass is 447 g/mol. The highest BCUT2D eigenvalue weighted by atomic mass is 32.2. The van der Waals surface area contributed by atoms with Gasteiger partial charge < -0.3 is 10.1 Å². The number of hydrogen-bond donors (Lipinski definition) is 1. The van der Waals surface area contributed by atoms with Crippen LogP contribution in [0, 0.1) is 0 Å². The lowest BCUT2D eigenvalue weighted by Crippen LogP contribution is -2.24. The first-order valence-electron chi connectivity index (χ1n) is 9.24. The average Bonchev–Trinajstić information content (AvgIpc) is 3.13. The molecule has 0 unspecified atom stereocenters. The molecule has 0 radical (unpaired) electrons. The van der Waals surface area contributed by atoms with Crippen LogP contribution >= 0.6 is 23.1 Å². The summed E-state index contributed by atoms with van der Waals surface area (Å²) in [6, 6.07) is 1.34. The first-order valence-corrected chi connectivity index (χ1v) is 10.2. The normalized spacial score (nSPS) is 12.6. The van der Waals surface area contributed by atoms with E-state index in [9.17, 15) is 22.8 Å². The lowest BCUT2D eigenvalue weighted by atomic mass is 10.3. The number of carbonyl (C=O) groups excluding carboxylic acids is 1. The predicted molar refractivity (Wildman–Crippen MR) is 106 cm³/mol. The number of amides is 1. The van der Waals surface area contributed by atoms with Gasteiger partial charge in [-0.15, -0.1) is 11.3 Å². The summed E-state index contributed by atoms with van der Waals surface area (Å²) in [4.78, 5) is 28.6. The second-order valence-corrected chi connectivity index (χ2v) is 7.57. The topological polar surface area (TPSA) is 73.2 Å². The Morgan fingerprint density at radius 3 is 2.76 bits per heavy atom. The fourth-order valence-corrected chi connectivity index (χ4v) is 3.89. The number of aromatic nitrogens is 2. The van der Waals surface area contributed by atoms with Crippen LogP contribution in [0.4, 0.5) is 13.2 Å². The van der Waals surface area contributed by atoms with Gasteiger partial charge in [0.25, 0.3) is 5.56 Å². The number of hydrogen-bond acceptors (Lipinski definition) is 6. The Hall–Kier alpha value is -2.53. The summed E-state index contributed by atoms with van der Waals surface area (Å²) < 4.78 is 59.4. The molecule has 0 fully saturated rings. The van der Waals surface area contributed by atoms with Crippen LogP contribution in [-0.2, 0) is 4.79 Å². The molecule has 154 valence electrons. The molecule has 2 aromatic heterocycles. The molecule has 1 amide bonds. The third kappa shape index (κ3) is 5.51. The van der Waals surface area contributed by atoms with E-state index in [4.69, 9.17) is 2.74 Å². The molecule has 0 saturated carbocycles. The molecule has 29 heavy (non-hydrogen) atoms. The van der Waals surface area contributed by atoms with Crippen molar-refractivity contribution < 1.29 is 25.4 Å². The lowest BCUT2D eigenvalue weighted by Gasteiger charge is -2.13.